The molecule has 0 spiro atoms. The van der Waals surface area contributed by atoms with Gasteiger partial charge in [0.2, 0.25) is 11.8 Å². The van der Waals surface area contributed by atoms with Crippen LogP contribution in [0.4, 0.5) is 0 Å². The highest BCUT2D eigenvalue weighted by molar-refractivity contribution is 6.42. The molecule has 1 N–H and O–H groups in total. The van der Waals surface area contributed by atoms with Crippen LogP contribution in [0.15, 0.2) is 18.2 Å². The maximum Gasteiger partial charge on any atom is 0.239 e. The summed E-state index contributed by atoms with van der Waals surface area (Å²) in [5.74, 6) is -0.267. The molecule has 0 radical (unpaired) electrons. The van der Waals surface area contributed by atoms with E-state index < -0.39 is 0 Å². The Morgan fingerprint density at radius 1 is 1.19 bits per heavy atom. The number of likely N-dealkylation sites (N-methyl/N-ethyl adjacent to an activating group) is 2. The monoisotopic (exact) mass is 410 g/mol. The molecule has 6 nitrogen and oxygen atoms in total. The van der Waals surface area contributed by atoms with Gasteiger partial charge < -0.3 is 10.2 Å². The normalized spacial score (nSPS) is 10.7. The van der Waals surface area contributed by atoms with Crippen molar-refractivity contribution < 1.29 is 9.59 Å². The average Bonchev–Trinajstić information content (AvgIpc) is 2.90. The molecule has 146 valence electrons. The summed E-state index contributed by atoms with van der Waals surface area (Å²) >= 11 is 12.1. The molecule has 0 fully saturated rings. The molecule has 2 amide bonds. The summed E-state index contributed by atoms with van der Waals surface area (Å²) < 4.78 is 1.75. The Labute approximate surface area is 169 Å². The van der Waals surface area contributed by atoms with E-state index in [1.807, 2.05) is 33.8 Å². The Morgan fingerprint density at radius 3 is 2.48 bits per heavy atom. The number of hydrogen-bond donors (Lipinski definition) is 1. The predicted octanol–water partition coefficient (Wildman–Crippen LogP) is 3.32. The van der Waals surface area contributed by atoms with E-state index in [4.69, 9.17) is 23.2 Å². The largest absolute Gasteiger partial charge is 0.355 e. The second-order valence-electron chi connectivity index (χ2n) is 6.20. The van der Waals surface area contributed by atoms with Crippen LogP contribution in [0.25, 0.3) is 5.69 Å². The molecule has 1 aromatic carbocycles. The lowest BCUT2D eigenvalue weighted by atomic mass is 10.1. The molecule has 0 aliphatic rings. The van der Waals surface area contributed by atoms with E-state index >= 15 is 0 Å². The van der Waals surface area contributed by atoms with Gasteiger partial charge in [0.25, 0.3) is 0 Å². The van der Waals surface area contributed by atoms with E-state index in [1.165, 1.54) is 0 Å². The molecule has 2 rings (SSSR count). The van der Waals surface area contributed by atoms with Gasteiger partial charge in [-0.3, -0.25) is 9.59 Å². The number of aromatic nitrogens is 2. The zero-order valence-corrected chi connectivity index (χ0v) is 17.5. The molecular formula is C19H24Cl2N4O2. The van der Waals surface area contributed by atoms with Crippen molar-refractivity contribution in [3.8, 4) is 5.69 Å². The first kappa shape index (κ1) is 21.3. The molecule has 0 atom stereocenters. The summed E-state index contributed by atoms with van der Waals surface area (Å²) in [5, 5.41) is 8.18. The first-order valence-electron chi connectivity index (χ1n) is 8.83. The van der Waals surface area contributed by atoms with Gasteiger partial charge >= 0.3 is 0 Å². The lowest BCUT2D eigenvalue weighted by Crippen LogP contribution is -2.41. The van der Waals surface area contributed by atoms with E-state index in [9.17, 15) is 9.59 Å². The first-order chi connectivity index (χ1) is 12.8. The van der Waals surface area contributed by atoms with Crippen molar-refractivity contribution in [2.24, 2.45) is 0 Å². The van der Waals surface area contributed by atoms with Crippen LogP contribution in [0.3, 0.4) is 0 Å². The summed E-state index contributed by atoms with van der Waals surface area (Å²) in [6.07, 6.45) is 0.187. The molecule has 0 bridgehead atoms. The maximum absolute atomic E-state index is 12.7. The van der Waals surface area contributed by atoms with Crippen LogP contribution in [0.1, 0.15) is 30.8 Å². The number of amides is 2. The zero-order valence-electron chi connectivity index (χ0n) is 16.0. The number of rotatable bonds is 7. The molecule has 0 aliphatic heterocycles. The topological polar surface area (TPSA) is 67.2 Å². The highest BCUT2D eigenvalue weighted by atomic mass is 35.5. The molecule has 0 aliphatic carbocycles. The highest BCUT2D eigenvalue weighted by Gasteiger charge is 2.21. The van der Waals surface area contributed by atoms with Crippen molar-refractivity contribution in [2.45, 2.75) is 34.1 Å². The molecule has 0 unspecified atom stereocenters. The van der Waals surface area contributed by atoms with Crippen molar-refractivity contribution in [1.29, 1.82) is 0 Å². The van der Waals surface area contributed by atoms with E-state index in [-0.39, 0.29) is 24.8 Å². The van der Waals surface area contributed by atoms with Crippen LogP contribution < -0.4 is 5.32 Å². The molecule has 8 heteroatoms. The maximum atomic E-state index is 12.7. The van der Waals surface area contributed by atoms with E-state index in [1.54, 1.807) is 21.7 Å². The zero-order chi connectivity index (χ0) is 20.1. The van der Waals surface area contributed by atoms with Crippen molar-refractivity contribution in [3.05, 3.63) is 45.2 Å². The molecule has 27 heavy (non-hydrogen) atoms. The third-order valence-electron chi connectivity index (χ3n) is 4.36. The number of hydrogen-bond acceptors (Lipinski definition) is 3. The molecule has 0 saturated carbocycles. The second kappa shape index (κ2) is 9.24. The second-order valence-corrected chi connectivity index (χ2v) is 7.01. The Kier molecular flexibility index (Phi) is 7.27. The Bertz CT molecular complexity index is 848. The van der Waals surface area contributed by atoms with Crippen molar-refractivity contribution in [1.82, 2.24) is 20.0 Å². The van der Waals surface area contributed by atoms with E-state index in [2.05, 4.69) is 10.4 Å². The standard InChI is InChI=1S/C19H24Cl2N4O2/c1-5-22-18(26)11-24(6-2)19(27)10-15-12(3)23-25(13(15)4)14-7-8-16(20)17(21)9-14/h7-9H,5-6,10-11H2,1-4H3,(H,22,26). The minimum Gasteiger partial charge on any atom is -0.355 e. The lowest BCUT2D eigenvalue weighted by molar-refractivity contribution is -0.135. The van der Waals surface area contributed by atoms with Crippen LogP contribution in [-0.4, -0.2) is 46.1 Å². The fourth-order valence-corrected chi connectivity index (χ4v) is 3.16. The van der Waals surface area contributed by atoms with Gasteiger partial charge in [-0.15, -0.1) is 0 Å². The van der Waals surface area contributed by atoms with E-state index in [0.29, 0.717) is 23.1 Å². The van der Waals surface area contributed by atoms with E-state index in [0.717, 1.165) is 22.6 Å². The van der Waals surface area contributed by atoms with Crippen molar-refractivity contribution in [2.75, 3.05) is 19.6 Å². The summed E-state index contributed by atoms with van der Waals surface area (Å²) in [4.78, 5) is 26.1. The number of aryl methyl sites for hydroxylation is 1. The SMILES string of the molecule is CCNC(=O)CN(CC)C(=O)Cc1c(C)nn(-c2ccc(Cl)c(Cl)c2)c1C. The van der Waals surface area contributed by atoms with Gasteiger partial charge in [-0.05, 0) is 45.9 Å². The number of nitrogens with one attached hydrogen (secondary N) is 1. The summed E-state index contributed by atoms with van der Waals surface area (Å²) in [6, 6.07) is 5.28. The number of nitrogens with zero attached hydrogens (tertiary/aromatic N) is 3. The van der Waals surface area contributed by atoms with Crippen molar-refractivity contribution in [3.63, 3.8) is 0 Å². The Hall–Kier alpha value is -2.05. The first-order valence-corrected chi connectivity index (χ1v) is 9.59. The minimum atomic E-state index is -0.160. The minimum absolute atomic E-state index is 0.0577. The van der Waals surface area contributed by atoms with Crippen LogP contribution in [0.5, 0.6) is 0 Å². The number of halogens is 2. The quantitative estimate of drug-likeness (QED) is 0.760. The van der Waals surface area contributed by atoms with Crippen molar-refractivity contribution >= 4 is 35.0 Å². The van der Waals surface area contributed by atoms with Gasteiger partial charge in [-0.2, -0.15) is 5.10 Å². The van der Waals surface area contributed by atoms with Crippen LogP contribution in [0.2, 0.25) is 10.0 Å². The van der Waals surface area contributed by atoms with Gasteiger partial charge in [0.15, 0.2) is 0 Å². The molecule has 1 heterocycles. The molecule has 0 saturated heterocycles. The van der Waals surface area contributed by atoms with Crippen LogP contribution >= 0.6 is 23.2 Å². The highest BCUT2D eigenvalue weighted by Crippen LogP contribution is 2.26. The smallest absolute Gasteiger partial charge is 0.239 e. The van der Waals surface area contributed by atoms with Gasteiger partial charge in [-0.25, -0.2) is 4.68 Å². The summed E-state index contributed by atoms with van der Waals surface area (Å²) in [6.45, 7) is 8.54. The number of benzene rings is 1. The third kappa shape index (κ3) is 5.02. The summed E-state index contributed by atoms with van der Waals surface area (Å²) in [5.41, 5.74) is 3.24. The van der Waals surface area contributed by atoms with Gasteiger partial charge in [-0.1, -0.05) is 23.2 Å². The molecular weight excluding hydrogens is 387 g/mol. The van der Waals surface area contributed by atoms with Gasteiger partial charge in [0.1, 0.15) is 0 Å². The molecule has 2 aromatic rings. The fraction of sp³-hybridized carbons (Fsp3) is 0.421. The average molecular weight is 411 g/mol. The Balaban J connectivity index is 2.24. The van der Waals surface area contributed by atoms with Crippen LogP contribution in [0, 0.1) is 13.8 Å². The third-order valence-corrected chi connectivity index (χ3v) is 5.10. The summed E-state index contributed by atoms with van der Waals surface area (Å²) in [7, 11) is 0. The number of carbonyl (C=O) groups is 2. The molecule has 1 aromatic heterocycles. The Morgan fingerprint density at radius 2 is 1.89 bits per heavy atom. The van der Waals surface area contributed by atoms with Crippen LogP contribution in [-0.2, 0) is 16.0 Å². The van der Waals surface area contributed by atoms with Gasteiger partial charge in [0.05, 0.1) is 34.4 Å². The predicted molar refractivity (Wildman–Crippen MR) is 108 cm³/mol. The fourth-order valence-electron chi connectivity index (χ4n) is 2.86. The number of carbonyl (C=O) groups excluding carboxylic acids is 2. The van der Waals surface area contributed by atoms with Gasteiger partial charge in [0, 0.05) is 24.3 Å². The lowest BCUT2D eigenvalue weighted by Gasteiger charge is -2.20.